The van der Waals surface area contributed by atoms with Gasteiger partial charge in [0.05, 0.1) is 10.4 Å². The summed E-state index contributed by atoms with van der Waals surface area (Å²) in [6.45, 7) is 0. The smallest absolute Gasteiger partial charge is 0.248 e. The average molecular weight is 290 g/mol. The zero-order valence-corrected chi connectivity index (χ0v) is 10.9. The van der Waals surface area contributed by atoms with Crippen LogP contribution in [-0.2, 0) is 0 Å². The highest BCUT2D eigenvalue weighted by atomic mass is 32.1. The molecule has 1 N–H and O–H groups in total. The molecule has 7 heteroatoms. The molecular weight excluding hydrogens is 282 g/mol. The molecule has 3 rings (SSSR count). The number of nitrogens with zero attached hydrogens (tertiary/aromatic N) is 3. The molecule has 0 saturated heterocycles. The topological polar surface area (TPSA) is 50.2 Å². The second-order valence-corrected chi connectivity index (χ2v) is 4.94. The van der Waals surface area contributed by atoms with Gasteiger partial charge < -0.3 is 0 Å². The zero-order valence-electron chi connectivity index (χ0n) is 10.0. The summed E-state index contributed by atoms with van der Waals surface area (Å²) in [5.74, 6) is -0.712. The molecule has 4 nitrogen and oxygen atoms in total. The lowest BCUT2D eigenvalue weighted by atomic mass is 10.3. The van der Waals surface area contributed by atoms with E-state index < -0.39 is 0 Å². The van der Waals surface area contributed by atoms with Crippen molar-refractivity contribution >= 4 is 27.2 Å². The van der Waals surface area contributed by atoms with Crippen LogP contribution in [0.1, 0.15) is 0 Å². The number of anilines is 1. The van der Waals surface area contributed by atoms with E-state index in [0.717, 1.165) is 4.70 Å². The van der Waals surface area contributed by atoms with Crippen molar-refractivity contribution in [3.05, 3.63) is 58.9 Å². The zero-order chi connectivity index (χ0) is 13.9. The van der Waals surface area contributed by atoms with Crippen LogP contribution in [0.5, 0.6) is 0 Å². The summed E-state index contributed by atoms with van der Waals surface area (Å²) in [6.07, 6.45) is 0. The number of hydrogen-bond donors (Lipinski definition) is 1. The van der Waals surface area contributed by atoms with E-state index >= 15 is 0 Å². The molecule has 0 radical (unpaired) electrons. The summed E-state index contributed by atoms with van der Waals surface area (Å²) in [5, 5.41) is 11.8. The molecule has 1 heterocycles. The highest BCUT2D eigenvalue weighted by molar-refractivity contribution is 7.15. The molecule has 0 aliphatic rings. The Hall–Kier alpha value is -2.41. The van der Waals surface area contributed by atoms with Gasteiger partial charge in [0.2, 0.25) is 4.80 Å². The van der Waals surface area contributed by atoms with Gasteiger partial charge in [-0.3, -0.25) is 5.43 Å². The lowest BCUT2D eigenvalue weighted by molar-refractivity contribution is 0.628. The Labute approximate surface area is 116 Å². The van der Waals surface area contributed by atoms with Gasteiger partial charge in [-0.05, 0) is 30.3 Å². The van der Waals surface area contributed by atoms with Gasteiger partial charge in [0, 0.05) is 6.07 Å². The number of fused-ring (bicyclic) bond motifs is 1. The fourth-order valence-electron chi connectivity index (χ4n) is 1.59. The standard InChI is InChI=1S/C13H8F2N4S/c14-8-2-1-3-10(6-8)16-18-13-19-17-11-7-9(15)4-5-12(11)20-13/h1-7,16H/b18-13+. The molecule has 3 aromatic rings. The fourth-order valence-corrected chi connectivity index (χ4v) is 2.30. The van der Waals surface area contributed by atoms with E-state index in [1.54, 1.807) is 18.2 Å². The van der Waals surface area contributed by atoms with Crippen LogP contribution < -0.4 is 10.2 Å². The second kappa shape index (κ2) is 5.30. The molecule has 100 valence electrons. The maximum Gasteiger partial charge on any atom is 0.248 e. The predicted octanol–water partition coefficient (Wildman–Crippen LogP) is 2.90. The number of benzene rings is 2. The van der Waals surface area contributed by atoms with Crippen molar-refractivity contribution in [3.8, 4) is 0 Å². The largest absolute Gasteiger partial charge is 0.275 e. The summed E-state index contributed by atoms with van der Waals surface area (Å²) in [4.78, 5) is 0.369. The molecule has 0 bridgehead atoms. The third kappa shape index (κ3) is 2.77. The molecule has 0 spiro atoms. The average Bonchev–Trinajstić information content (AvgIpc) is 2.45. The summed E-state index contributed by atoms with van der Waals surface area (Å²) in [5.41, 5.74) is 3.68. The second-order valence-electron chi connectivity index (χ2n) is 3.93. The monoisotopic (exact) mass is 290 g/mol. The fraction of sp³-hybridized carbons (Fsp3) is 0. The lowest BCUT2D eigenvalue weighted by Gasteiger charge is -1.99. The normalized spacial score (nSPS) is 11.8. The minimum absolute atomic E-state index is 0.353. The maximum atomic E-state index is 13.0. The molecule has 0 saturated carbocycles. The Morgan fingerprint density at radius 1 is 1.00 bits per heavy atom. The molecule has 2 aromatic carbocycles. The van der Waals surface area contributed by atoms with Gasteiger partial charge in [-0.25, -0.2) is 8.78 Å². The van der Waals surface area contributed by atoms with E-state index in [0.29, 0.717) is 16.0 Å². The van der Waals surface area contributed by atoms with Gasteiger partial charge in [0.1, 0.15) is 17.2 Å². The van der Waals surface area contributed by atoms with E-state index in [4.69, 9.17) is 0 Å². The van der Waals surface area contributed by atoms with Crippen LogP contribution in [0.2, 0.25) is 0 Å². The van der Waals surface area contributed by atoms with E-state index in [-0.39, 0.29) is 11.6 Å². The van der Waals surface area contributed by atoms with E-state index in [1.165, 1.54) is 35.6 Å². The number of rotatable bonds is 2. The van der Waals surface area contributed by atoms with Crippen LogP contribution in [0, 0.1) is 11.6 Å². The number of hydrogen-bond acceptors (Lipinski definition) is 5. The number of nitrogens with one attached hydrogen (secondary N) is 1. The highest BCUT2D eigenvalue weighted by Gasteiger charge is 1.99. The summed E-state index contributed by atoms with van der Waals surface area (Å²) in [6, 6.07) is 10.2. The van der Waals surface area contributed by atoms with Gasteiger partial charge in [-0.15, -0.1) is 15.3 Å². The summed E-state index contributed by atoms with van der Waals surface area (Å²) in [7, 11) is 0. The SMILES string of the molecule is Fc1cccc(N/N=c2\nnc3cc(F)ccc3s2)c1. The quantitative estimate of drug-likeness (QED) is 0.738. The molecule has 0 amide bonds. The van der Waals surface area contributed by atoms with E-state index in [2.05, 4.69) is 20.7 Å². The molecule has 0 unspecified atom stereocenters. The molecule has 1 aromatic heterocycles. The van der Waals surface area contributed by atoms with Crippen LogP contribution in [0.4, 0.5) is 14.5 Å². The first-order valence-corrected chi connectivity index (χ1v) is 6.51. The number of aromatic nitrogens is 2. The van der Waals surface area contributed by atoms with Crippen molar-refractivity contribution in [1.82, 2.24) is 10.2 Å². The Kier molecular flexibility index (Phi) is 3.34. The van der Waals surface area contributed by atoms with Crippen LogP contribution in [0.3, 0.4) is 0 Å². The van der Waals surface area contributed by atoms with Crippen LogP contribution in [-0.4, -0.2) is 10.2 Å². The van der Waals surface area contributed by atoms with Crippen molar-refractivity contribution in [1.29, 1.82) is 0 Å². The third-order valence-corrected chi connectivity index (χ3v) is 3.39. The Morgan fingerprint density at radius 3 is 2.70 bits per heavy atom. The maximum absolute atomic E-state index is 13.0. The number of halogens is 2. The molecule has 0 aliphatic heterocycles. The van der Waals surface area contributed by atoms with Gasteiger partial charge in [0.15, 0.2) is 0 Å². The molecular formula is C13H8F2N4S. The first-order chi connectivity index (χ1) is 9.70. The van der Waals surface area contributed by atoms with Crippen LogP contribution in [0.15, 0.2) is 47.6 Å². The third-order valence-electron chi connectivity index (χ3n) is 2.47. The Morgan fingerprint density at radius 2 is 1.85 bits per heavy atom. The van der Waals surface area contributed by atoms with Crippen molar-refractivity contribution in [2.24, 2.45) is 5.10 Å². The Bertz CT molecular complexity index is 832. The van der Waals surface area contributed by atoms with Crippen LogP contribution >= 0.6 is 11.3 Å². The molecule has 0 aliphatic carbocycles. The molecule has 20 heavy (non-hydrogen) atoms. The van der Waals surface area contributed by atoms with Crippen LogP contribution in [0.25, 0.3) is 10.2 Å². The first-order valence-electron chi connectivity index (χ1n) is 5.69. The summed E-state index contributed by atoms with van der Waals surface area (Å²) >= 11 is 1.26. The van der Waals surface area contributed by atoms with Gasteiger partial charge in [0.25, 0.3) is 0 Å². The van der Waals surface area contributed by atoms with Crippen molar-refractivity contribution < 1.29 is 8.78 Å². The minimum atomic E-state index is -0.360. The van der Waals surface area contributed by atoms with E-state index in [1.807, 2.05) is 0 Å². The van der Waals surface area contributed by atoms with E-state index in [9.17, 15) is 8.78 Å². The molecule has 0 atom stereocenters. The lowest BCUT2D eigenvalue weighted by Crippen LogP contribution is -2.08. The Balaban J connectivity index is 1.93. The van der Waals surface area contributed by atoms with Gasteiger partial charge in [-0.1, -0.05) is 17.4 Å². The molecule has 0 fully saturated rings. The predicted molar refractivity (Wildman–Crippen MR) is 73.0 cm³/mol. The van der Waals surface area contributed by atoms with Crippen molar-refractivity contribution in [3.63, 3.8) is 0 Å². The minimum Gasteiger partial charge on any atom is -0.275 e. The highest BCUT2D eigenvalue weighted by Crippen LogP contribution is 2.13. The first kappa shape index (κ1) is 12.6. The van der Waals surface area contributed by atoms with Crippen molar-refractivity contribution in [2.75, 3.05) is 5.43 Å². The van der Waals surface area contributed by atoms with Gasteiger partial charge in [-0.2, -0.15) is 0 Å². The summed E-state index contributed by atoms with van der Waals surface area (Å²) < 4.78 is 26.8. The van der Waals surface area contributed by atoms with Gasteiger partial charge >= 0.3 is 0 Å². The van der Waals surface area contributed by atoms with Crippen molar-refractivity contribution in [2.45, 2.75) is 0 Å².